The van der Waals surface area contributed by atoms with Crippen molar-refractivity contribution in [3.63, 3.8) is 0 Å². The van der Waals surface area contributed by atoms with Gasteiger partial charge < -0.3 is 0 Å². The Morgan fingerprint density at radius 2 is 2.06 bits per heavy atom. The van der Waals surface area contributed by atoms with Crippen LogP contribution >= 0.6 is 11.3 Å². The van der Waals surface area contributed by atoms with Gasteiger partial charge in [0.25, 0.3) is 5.91 Å². The number of aryl methyl sites for hydroxylation is 1. The highest BCUT2D eigenvalue weighted by Gasteiger charge is 2.18. The smallest absolute Gasteiger partial charge is 0.267 e. The van der Waals surface area contributed by atoms with Gasteiger partial charge in [0, 0.05) is 4.88 Å². The van der Waals surface area contributed by atoms with Crippen molar-refractivity contribution in [2.45, 2.75) is 20.8 Å². The van der Waals surface area contributed by atoms with Gasteiger partial charge in [-0.25, -0.2) is 13.1 Å². The van der Waals surface area contributed by atoms with Crippen molar-refractivity contribution in [2.24, 2.45) is 5.92 Å². The van der Waals surface area contributed by atoms with Gasteiger partial charge in [0.15, 0.2) is 0 Å². The van der Waals surface area contributed by atoms with Crippen LogP contribution in [-0.4, -0.2) is 20.1 Å². The quantitative estimate of drug-likeness (QED) is 0.898. The monoisotopic (exact) mass is 261 g/mol. The van der Waals surface area contributed by atoms with Gasteiger partial charge in [0.1, 0.15) is 0 Å². The molecule has 16 heavy (non-hydrogen) atoms. The average Bonchev–Trinajstić information content (AvgIpc) is 2.47. The molecule has 0 saturated carbocycles. The summed E-state index contributed by atoms with van der Waals surface area (Å²) in [6.45, 7) is 5.45. The lowest BCUT2D eigenvalue weighted by atomic mass is 10.3. The molecule has 6 heteroatoms. The summed E-state index contributed by atoms with van der Waals surface area (Å²) in [5.74, 6) is -0.586. The lowest BCUT2D eigenvalue weighted by Crippen LogP contribution is -2.33. The van der Waals surface area contributed by atoms with Crippen LogP contribution in [0.3, 0.4) is 0 Å². The summed E-state index contributed by atoms with van der Waals surface area (Å²) >= 11 is 1.28. The topological polar surface area (TPSA) is 63.2 Å². The molecule has 4 nitrogen and oxygen atoms in total. The maximum Gasteiger partial charge on any atom is 0.274 e. The van der Waals surface area contributed by atoms with Crippen LogP contribution in [0.5, 0.6) is 0 Å². The first-order valence-corrected chi connectivity index (χ1v) is 7.38. The second-order valence-electron chi connectivity index (χ2n) is 4.02. The van der Waals surface area contributed by atoms with Crippen LogP contribution in [-0.2, 0) is 10.0 Å². The van der Waals surface area contributed by atoms with Crippen molar-refractivity contribution in [1.82, 2.24) is 4.72 Å². The van der Waals surface area contributed by atoms with Crippen LogP contribution in [0.15, 0.2) is 12.1 Å². The molecule has 0 aliphatic rings. The van der Waals surface area contributed by atoms with Crippen LogP contribution in [0.4, 0.5) is 0 Å². The lowest BCUT2D eigenvalue weighted by Gasteiger charge is -2.07. The predicted octanol–water partition coefficient (Wildman–Crippen LogP) is 1.77. The second kappa shape index (κ2) is 4.97. The zero-order valence-electron chi connectivity index (χ0n) is 9.48. The molecule has 1 amide bonds. The highest BCUT2D eigenvalue weighted by molar-refractivity contribution is 7.90. The molecule has 0 atom stereocenters. The van der Waals surface area contributed by atoms with Gasteiger partial charge >= 0.3 is 0 Å². The fourth-order valence-electron chi connectivity index (χ4n) is 1.23. The molecule has 90 valence electrons. The van der Waals surface area contributed by atoms with Crippen molar-refractivity contribution in [3.05, 3.63) is 21.9 Å². The molecular weight excluding hydrogens is 246 g/mol. The van der Waals surface area contributed by atoms with Gasteiger partial charge in [-0.1, -0.05) is 13.8 Å². The third-order valence-electron chi connectivity index (χ3n) is 1.77. The van der Waals surface area contributed by atoms with Crippen LogP contribution in [0, 0.1) is 12.8 Å². The number of rotatable bonds is 4. The van der Waals surface area contributed by atoms with Gasteiger partial charge in [-0.2, -0.15) is 0 Å². The van der Waals surface area contributed by atoms with Gasteiger partial charge in [-0.05, 0) is 25.0 Å². The molecule has 0 aliphatic carbocycles. The Labute approximate surface area is 99.7 Å². The molecule has 1 heterocycles. The van der Waals surface area contributed by atoms with Crippen LogP contribution in [0.25, 0.3) is 0 Å². The number of hydrogen-bond acceptors (Lipinski definition) is 4. The average molecular weight is 261 g/mol. The van der Waals surface area contributed by atoms with E-state index in [1.807, 2.05) is 6.92 Å². The Hall–Kier alpha value is -0.880. The highest BCUT2D eigenvalue weighted by Crippen LogP contribution is 2.15. The van der Waals surface area contributed by atoms with Crippen molar-refractivity contribution in [2.75, 3.05) is 5.75 Å². The first-order valence-electron chi connectivity index (χ1n) is 4.91. The minimum atomic E-state index is -3.51. The Morgan fingerprint density at radius 3 is 2.50 bits per heavy atom. The van der Waals surface area contributed by atoms with Crippen LogP contribution < -0.4 is 4.72 Å². The first kappa shape index (κ1) is 13.2. The van der Waals surface area contributed by atoms with Gasteiger partial charge in [0.05, 0.1) is 10.6 Å². The SMILES string of the molecule is Cc1ccc(C(=O)NS(=O)(=O)CC(C)C)s1. The molecule has 0 radical (unpaired) electrons. The number of sulfonamides is 1. The zero-order chi connectivity index (χ0) is 12.3. The van der Waals surface area contributed by atoms with E-state index in [1.54, 1.807) is 26.0 Å². The number of carbonyl (C=O) groups excluding carboxylic acids is 1. The van der Waals surface area contributed by atoms with E-state index in [2.05, 4.69) is 4.72 Å². The fourth-order valence-corrected chi connectivity index (χ4v) is 3.41. The number of hydrogen-bond donors (Lipinski definition) is 1. The summed E-state index contributed by atoms with van der Waals surface area (Å²) < 4.78 is 25.1. The minimum Gasteiger partial charge on any atom is -0.267 e. The standard InChI is InChI=1S/C10H15NO3S2/c1-7(2)6-16(13,14)11-10(12)9-5-4-8(3)15-9/h4-5,7H,6H2,1-3H3,(H,11,12). The van der Waals surface area contributed by atoms with E-state index in [0.29, 0.717) is 4.88 Å². The van der Waals surface area contributed by atoms with Crippen molar-refractivity contribution in [3.8, 4) is 0 Å². The Morgan fingerprint density at radius 1 is 1.44 bits per heavy atom. The fraction of sp³-hybridized carbons (Fsp3) is 0.500. The summed E-state index contributed by atoms with van der Waals surface area (Å²) in [6, 6.07) is 3.41. The number of thiophene rings is 1. The number of carbonyl (C=O) groups is 1. The molecule has 0 aromatic carbocycles. The van der Waals surface area contributed by atoms with E-state index in [9.17, 15) is 13.2 Å². The van der Waals surface area contributed by atoms with Crippen LogP contribution in [0.2, 0.25) is 0 Å². The van der Waals surface area contributed by atoms with E-state index in [0.717, 1.165) is 4.88 Å². The summed E-state index contributed by atoms with van der Waals surface area (Å²) in [7, 11) is -3.51. The maximum absolute atomic E-state index is 11.6. The highest BCUT2D eigenvalue weighted by atomic mass is 32.2. The second-order valence-corrected chi connectivity index (χ2v) is 7.07. The normalized spacial score (nSPS) is 11.8. The van der Waals surface area contributed by atoms with E-state index >= 15 is 0 Å². The third-order valence-corrected chi connectivity index (χ3v) is 4.37. The van der Waals surface area contributed by atoms with E-state index in [4.69, 9.17) is 0 Å². The minimum absolute atomic E-state index is 0.00429. The van der Waals surface area contributed by atoms with E-state index < -0.39 is 15.9 Å². The molecule has 0 spiro atoms. The summed E-state index contributed by atoms with van der Waals surface area (Å²) in [5.41, 5.74) is 0. The van der Waals surface area contributed by atoms with Gasteiger partial charge in [-0.15, -0.1) is 11.3 Å². The van der Waals surface area contributed by atoms with E-state index in [1.165, 1.54) is 11.3 Å². The molecule has 0 bridgehead atoms. The predicted molar refractivity (Wildman–Crippen MR) is 65.1 cm³/mol. The lowest BCUT2D eigenvalue weighted by molar-refractivity contribution is 0.0985. The van der Waals surface area contributed by atoms with Crippen molar-refractivity contribution >= 4 is 27.3 Å². The summed E-state index contributed by atoms with van der Waals surface area (Å²) in [5, 5.41) is 0. The zero-order valence-corrected chi connectivity index (χ0v) is 11.1. The van der Waals surface area contributed by atoms with E-state index in [-0.39, 0.29) is 11.7 Å². The Bertz CT molecular complexity index is 474. The van der Waals surface area contributed by atoms with Crippen molar-refractivity contribution in [1.29, 1.82) is 0 Å². The molecule has 1 aromatic rings. The first-order chi connectivity index (χ1) is 7.30. The summed E-state index contributed by atoms with van der Waals surface area (Å²) in [6.07, 6.45) is 0. The Balaban J connectivity index is 2.72. The largest absolute Gasteiger partial charge is 0.274 e. The molecule has 0 fully saturated rings. The maximum atomic E-state index is 11.6. The molecular formula is C10H15NO3S2. The van der Waals surface area contributed by atoms with Gasteiger partial charge in [0.2, 0.25) is 10.0 Å². The van der Waals surface area contributed by atoms with Crippen molar-refractivity contribution < 1.29 is 13.2 Å². The number of nitrogens with one attached hydrogen (secondary N) is 1. The molecule has 1 N–H and O–H groups in total. The molecule has 1 aromatic heterocycles. The Kier molecular flexibility index (Phi) is 4.09. The number of amides is 1. The summed E-state index contributed by atoms with van der Waals surface area (Å²) in [4.78, 5) is 13.0. The molecule has 0 unspecified atom stereocenters. The molecule has 0 saturated heterocycles. The van der Waals surface area contributed by atoms with Gasteiger partial charge in [-0.3, -0.25) is 4.79 Å². The molecule has 1 rings (SSSR count). The molecule has 0 aliphatic heterocycles. The third kappa shape index (κ3) is 3.94. The van der Waals surface area contributed by atoms with Crippen LogP contribution in [0.1, 0.15) is 28.4 Å².